The summed E-state index contributed by atoms with van der Waals surface area (Å²) in [5.74, 6) is -0.484. The van der Waals surface area contributed by atoms with Crippen molar-refractivity contribution in [2.45, 2.75) is 32.5 Å². The Morgan fingerprint density at radius 3 is 2.76 bits per heavy atom. The molecule has 6 heteroatoms. The summed E-state index contributed by atoms with van der Waals surface area (Å²) in [5, 5.41) is 9.08. The highest BCUT2D eigenvalue weighted by Crippen LogP contribution is 2.27. The highest BCUT2D eigenvalue weighted by Gasteiger charge is 2.42. The lowest BCUT2D eigenvalue weighted by Crippen LogP contribution is -2.46. The van der Waals surface area contributed by atoms with Crippen molar-refractivity contribution >= 4 is 12.1 Å². The molecule has 0 radical (unpaired) electrons. The Morgan fingerprint density at radius 2 is 2.24 bits per heavy atom. The van der Waals surface area contributed by atoms with Gasteiger partial charge in [0.25, 0.3) is 0 Å². The summed E-state index contributed by atoms with van der Waals surface area (Å²) in [6.07, 6.45) is 1.64. The maximum Gasteiger partial charge on any atom is 0.410 e. The smallest absolute Gasteiger partial charge is 0.410 e. The number of carbonyl (C=O) groups excluding carboxylic acids is 1. The van der Waals surface area contributed by atoms with Gasteiger partial charge in [-0.05, 0) is 20.8 Å². The topological polar surface area (TPSA) is 76.1 Å². The first-order chi connectivity index (χ1) is 7.88. The minimum atomic E-state index is -1.08. The van der Waals surface area contributed by atoms with Gasteiger partial charge < -0.3 is 14.6 Å². The Balaban J connectivity index is 2.72. The summed E-state index contributed by atoms with van der Waals surface area (Å²) in [7, 11) is 0. The SMILES string of the molecule is CCOC(=O)C=C[C@H]1COC(C)(C)N1C(=O)O. The van der Waals surface area contributed by atoms with Crippen LogP contribution in [-0.4, -0.2) is 47.0 Å². The summed E-state index contributed by atoms with van der Waals surface area (Å²) in [5.41, 5.74) is -0.879. The molecule has 1 fully saturated rings. The fraction of sp³-hybridized carbons (Fsp3) is 0.636. The van der Waals surface area contributed by atoms with Crippen molar-refractivity contribution in [3.05, 3.63) is 12.2 Å². The van der Waals surface area contributed by atoms with E-state index >= 15 is 0 Å². The predicted molar refractivity (Wildman–Crippen MR) is 59.5 cm³/mol. The van der Waals surface area contributed by atoms with Gasteiger partial charge in [0.2, 0.25) is 0 Å². The predicted octanol–water partition coefficient (Wildman–Crippen LogP) is 1.22. The number of hydrogen-bond acceptors (Lipinski definition) is 4. The Hall–Kier alpha value is -1.56. The summed E-state index contributed by atoms with van der Waals surface area (Å²) < 4.78 is 10.1. The van der Waals surface area contributed by atoms with Gasteiger partial charge in [0.15, 0.2) is 0 Å². The zero-order valence-corrected chi connectivity index (χ0v) is 10.2. The van der Waals surface area contributed by atoms with Gasteiger partial charge in [-0.2, -0.15) is 0 Å². The molecule has 0 aromatic heterocycles. The maximum atomic E-state index is 11.1. The number of carboxylic acid groups (broad SMARTS) is 1. The molecule has 1 saturated heterocycles. The molecule has 1 N–H and O–H groups in total. The van der Waals surface area contributed by atoms with E-state index in [4.69, 9.17) is 14.6 Å². The van der Waals surface area contributed by atoms with E-state index in [-0.39, 0.29) is 6.61 Å². The molecule has 1 amide bonds. The molecule has 0 unspecified atom stereocenters. The lowest BCUT2D eigenvalue weighted by atomic mass is 10.2. The molecule has 6 nitrogen and oxygen atoms in total. The monoisotopic (exact) mass is 243 g/mol. The average molecular weight is 243 g/mol. The molecule has 0 aliphatic carbocycles. The van der Waals surface area contributed by atoms with E-state index in [0.717, 1.165) is 0 Å². The first-order valence-electron chi connectivity index (χ1n) is 5.39. The fourth-order valence-corrected chi connectivity index (χ4v) is 1.73. The summed E-state index contributed by atoms with van der Waals surface area (Å²) in [6, 6.07) is -0.466. The Labute approximate surface area is 99.8 Å². The fourth-order valence-electron chi connectivity index (χ4n) is 1.73. The highest BCUT2D eigenvalue weighted by atomic mass is 16.5. The molecule has 96 valence electrons. The molecule has 1 aliphatic heterocycles. The van der Waals surface area contributed by atoms with Gasteiger partial charge in [0.1, 0.15) is 5.72 Å². The quantitative estimate of drug-likeness (QED) is 0.595. The number of nitrogens with zero attached hydrogens (tertiary/aromatic N) is 1. The van der Waals surface area contributed by atoms with Crippen LogP contribution in [0.2, 0.25) is 0 Å². The molecule has 0 bridgehead atoms. The molecule has 1 aliphatic rings. The molecular formula is C11H17NO5. The van der Waals surface area contributed by atoms with Crippen LogP contribution in [0.25, 0.3) is 0 Å². The molecule has 0 aromatic carbocycles. The molecular weight excluding hydrogens is 226 g/mol. The van der Waals surface area contributed by atoms with Gasteiger partial charge in [0.05, 0.1) is 19.3 Å². The lowest BCUT2D eigenvalue weighted by molar-refractivity contribution is -0.137. The van der Waals surface area contributed by atoms with Crippen LogP contribution in [-0.2, 0) is 14.3 Å². The Bertz CT molecular complexity index is 337. The standard InChI is InChI=1S/C11H17NO5/c1-4-16-9(13)6-5-8-7-17-11(2,3)12(8)10(14)15/h5-6,8H,4,7H2,1-3H3,(H,14,15)/t8-/m0/s1. The van der Waals surface area contributed by atoms with Gasteiger partial charge >= 0.3 is 12.1 Å². The summed E-state index contributed by atoms with van der Waals surface area (Å²) in [4.78, 5) is 23.4. The number of ether oxygens (including phenoxy) is 2. The van der Waals surface area contributed by atoms with E-state index in [2.05, 4.69) is 0 Å². The minimum absolute atomic E-state index is 0.231. The van der Waals surface area contributed by atoms with Crippen molar-refractivity contribution in [2.24, 2.45) is 0 Å². The highest BCUT2D eigenvalue weighted by molar-refractivity contribution is 5.82. The number of esters is 1. The second kappa shape index (κ2) is 5.18. The van der Waals surface area contributed by atoms with Crippen LogP contribution in [0, 0.1) is 0 Å². The van der Waals surface area contributed by atoms with Crippen molar-refractivity contribution < 1.29 is 24.2 Å². The van der Waals surface area contributed by atoms with E-state index in [0.29, 0.717) is 6.61 Å². The molecule has 0 saturated carbocycles. The van der Waals surface area contributed by atoms with Crippen LogP contribution in [0.1, 0.15) is 20.8 Å². The van der Waals surface area contributed by atoms with Crippen LogP contribution in [0.15, 0.2) is 12.2 Å². The third-order valence-corrected chi connectivity index (χ3v) is 2.47. The molecule has 1 heterocycles. The van der Waals surface area contributed by atoms with Crippen LogP contribution < -0.4 is 0 Å². The van der Waals surface area contributed by atoms with E-state index in [9.17, 15) is 9.59 Å². The van der Waals surface area contributed by atoms with E-state index < -0.39 is 23.8 Å². The van der Waals surface area contributed by atoms with Crippen molar-refractivity contribution in [3.8, 4) is 0 Å². The van der Waals surface area contributed by atoms with E-state index in [1.807, 2.05) is 0 Å². The van der Waals surface area contributed by atoms with Gasteiger partial charge in [0, 0.05) is 6.08 Å². The average Bonchev–Trinajstić information content (AvgIpc) is 2.51. The molecule has 0 spiro atoms. The largest absolute Gasteiger partial charge is 0.465 e. The zero-order valence-electron chi connectivity index (χ0n) is 10.2. The molecule has 17 heavy (non-hydrogen) atoms. The van der Waals surface area contributed by atoms with Crippen LogP contribution in [0.3, 0.4) is 0 Å². The minimum Gasteiger partial charge on any atom is -0.465 e. The van der Waals surface area contributed by atoms with E-state index in [1.54, 1.807) is 20.8 Å². The maximum absolute atomic E-state index is 11.1. The van der Waals surface area contributed by atoms with Crippen molar-refractivity contribution in [1.82, 2.24) is 4.90 Å². The Kier molecular flexibility index (Phi) is 4.11. The van der Waals surface area contributed by atoms with Crippen molar-refractivity contribution in [3.63, 3.8) is 0 Å². The van der Waals surface area contributed by atoms with Crippen LogP contribution in [0.4, 0.5) is 4.79 Å². The summed E-state index contributed by atoms with van der Waals surface area (Å²) >= 11 is 0. The third-order valence-electron chi connectivity index (χ3n) is 2.47. The molecule has 0 aromatic rings. The van der Waals surface area contributed by atoms with Crippen LogP contribution >= 0.6 is 0 Å². The second-order valence-electron chi connectivity index (χ2n) is 4.09. The molecule has 1 rings (SSSR count). The first kappa shape index (κ1) is 13.5. The number of carbonyl (C=O) groups is 2. The van der Waals surface area contributed by atoms with Gasteiger partial charge in [-0.25, -0.2) is 9.59 Å². The number of hydrogen-bond donors (Lipinski definition) is 1. The first-order valence-corrected chi connectivity index (χ1v) is 5.39. The number of amides is 1. The van der Waals surface area contributed by atoms with Gasteiger partial charge in [-0.15, -0.1) is 0 Å². The van der Waals surface area contributed by atoms with Gasteiger partial charge in [-0.1, -0.05) is 6.08 Å². The van der Waals surface area contributed by atoms with Crippen molar-refractivity contribution in [1.29, 1.82) is 0 Å². The Morgan fingerprint density at radius 1 is 1.59 bits per heavy atom. The van der Waals surface area contributed by atoms with E-state index in [1.165, 1.54) is 17.1 Å². The second-order valence-corrected chi connectivity index (χ2v) is 4.09. The zero-order chi connectivity index (χ0) is 13.1. The normalized spacial score (nSPS) is 23.0. The lowest BCUT2D eigenvalue weighted by Gasteiger charge is -2.29. The number of rotatable bonds is 3. The molecule has 1 atom stereocenters. The van der Waals surface area contributed by atoms with Crippen LogP contribution in [0.5, 0.6) is 0 Å². The summed E-state index contributed by atoms with van der Waals surface area (Å²) in [6.45, 7) is 5.56. The van der Waals surface area contributed by atoms with Gasteiger partial charge in [-0.3, -0.25) is 4.90 Å². The third kappa shape index (κ3) is 3.20. The van der Waals surface area contributed by atoms with Crippen molar-refractivity contribution in [2.75, 3.05) is 13.2 Å².